The van der Waals surface area contributed by atoms with Crippen molar-refractivity contribution in [2.45, 2.75) is 12.8 Å². The zero-order valence-corrected chi connectivity index (χ0v) is 10.5. The lowest BCUT2D eigenvalue weighted by Gasteiger charge is -2.06. The standard InChI is InChI=1S/C14H20N2O2/c1-2-3-9-18-10-8-16-14(17)11-12-4-6-13(15)7-5-12/h2,4-7H,1,3,8-11,15H2,(H,16,17). The summed E-state index contributed by atoms with van der Waals surface area (Å²) in [5.74, 6) is -0.00732. The van der Waals surface area contributed by atoms with Crippen LogP contribution in [0.2, 0.25) is 0 Å². The molecule has 0 fully saturated rings. The van der Waals surface area contributed by atoms with Crippen LogP contribution in [0.3, 0.4) is 0 Å². The van der Waals surface area contributed by atoms with E-state index in [-0.39, 0.29) is 5.91 Å². The third-order valence-electron chi connectivity index (χ3n) is 2.38. The molecule has 3 N–H and O–H groups in total. The first-order chi connectivity index (χ1) is 8.72. The van der Waals surface area contributed by atoms with Gasteiger partial charge in [-0.15, -0.1) is 6.58 Å². The van der Waals surface area contributed by atoms with E-state index in [2.05, 4.69) is 11.9 Å². The summed E-state index contributed by atoms with van der Waals surface area (Å²) >= 11 is 0. The molecule has 0 aromatic heterocycles. The van der Waals surface area contributed by atoms with Crippen molar-refractivity contribution in [3.63, 3.8) is 0 Å². The van der Waals surface area contributed by atoms with E-state index in [9.17, 15) is 4.79 Å². The van der Waals surface area contributed by atoms with Crippen molar-refractivity contribution >= 4 is 11.6 Å². The van der Waals surface area contributed by atoms with Gasteiger partial charge in [0.25, 0.3) is 0 Å². The molecule has 0 saturated heterocycles. The Morgan fingerprint density at radius 1 is 1.33 bits per heavy atom. The van der Waals surface area contributed by atoms with Gasteiger partial charge in [-0.25, -0.2) is 0 Å². The molecular formula is C14H20N2O2. The Labute approximate surface area is 108 Å². The topological polar surface area (TPSA) is 64.3 Å². The van der Waals surface area contributed by atoms with Gasteiger partial charge in [-0.2, -0.15) is 0 Å². The molecule has 1 aromatic carbocycles. The zero-order valence-electron chi connectivity index (χ0n) is 10.5. The zero-order chi connectivity index (χ0) is 13.2. The third-order valence-corrected chi connectivity index (χ3v) is 2.38. The average Bonchev–Trinajstić information content (AvgIpc) is 2.36. The first-order valence-electron chi connectivity index (χ1n) is 6.02. The Morgan fingerprint density at radius 2 is 2.06 bits per heavy atom. The number of hydrogen-bond acceptors (Lipinski definition) is 3. The van der Waals surface area contributed by atoms with Crippen LogP contribution < -0.4 is 11.1 Å². The van der Waals surface area contributed by atoms with Crippen molar-refractivity contribution in [3.05, 3.63) is 42.5 Å². The summed E-state index contributed by atoms with van der Waals surface area (Å²) in [5.41, 5.74) is 7.23. The molecule has 0 atom stereocenters. The number of rotatable bonds is 8. The highest BCUT2D eigenvalue weighted by molar-refractivity contribution is 5.78. The van der Waals surface area contributed by atoms with Gasteiger partial charge in [0.1, 0.15) is 0 Å². The number of hydrogen-bond donors (Lipinski definition) is 2. The van der Waals surface area contributed by atoms with Crippen LogP contribution in [0.1, 0.15) is 12.0 Å². The van der Waals surface area contributed by atoms with Crippen LogP contribution >= 0.6 is 0 Å². The van der Waals surface area contributed by atoms with E-state index in [4.69, 9.17) is 10.5 Å². The van der Waals surface area contributed by atoms with Crippen LogP contribution in [0.25, 0.3) is 0 Å². The third kappa shape index (κ3) is 6.06. The normalized spacial score (nSPS) is 10.0. The van der Waals surface area contributed by atoms with Crippen molar-refractivity contribution in [3.8, 4) is 0 Å². The molecule has 0 aliphatic carbocycles. The number of benzene rings is 1. The number of nitrogens with two attached hydrogens (primary N) is 1. The number of anilines is 1. The molecule has 98 valence electrons. The number of amides is 1. The molecule has 18 heavy (non-hydrogen) atoms. The van der Waals surface area contributed by atoms with E-state index in [0.717, 1.165) is 12.0 Å². The number of nitrogens with one attached hydrogen (secondary N) is 1. The predicted octanol–water partition coefficient (Wildman–Crippen LogP) is 1.52. The Morgan fingerprint density at radius 3 is 2.72 bits per heavy atom. The number of nitrogen functional groups attached to an aromatic ring is 1. The summed E-state index contributed by atoms with van der Waals surface area (Å²) in [6.45, 7) is 5.31. The second-order valence-corrected chi connectivity index (χ2v) is 3.96. The Bertz CT molecular complexity index is 374. The molecule has 0 radical (unpaired) electrons. The van der Waals surface area contributed by atoms with Crippen LogP contribution in [0.15, 0.2) is 36.9 Å². The second kappa shape index (κ2) is 8.31. The van der Waals surface area contributed by atoms with E-state index in [0.29, 0.717) is 31.9 Å². The first-order valence-corrected chi connectivity index (χ1v) is 6.02. The van der Waals surface area contributed by atoms with Crippen LogP contribution in [0.5, 0.6) is 0 Å². The van der Waals surface area contributed by atoms with Gasteiger partial charge >= 0.3 is 0 Å². The predicted molar refractivity (Wildman–Crippen MR) is 73.2 cm³/mol. The summed E-state index contributed by atoms with van der Waals surface area (Å²) in [4.78, 5) is 11.6. The summed E-state index contributed by atoms with van der Waals surface area (Å²) < 4.78 is 5.29. The van der Waals surface area contributed by atoms with Crippen molar-refractivity contribution in [2.24, 2.45) is 0 Å². The Kier molecular flexibility index (Phi) is 6.58. The minimum Gasteiger partial charge on any atom is -0.399 e. The van der Waals surface area contributed by atoms with E-state index >= 15 is 0 Å². The largest absolute Gasteiger partial charge is 0.399 e. The fourth-order valence-corrected chi connectivity index (χ4v) is 1.41. The summed E-state index contributed by atoms with van der Waals surface area (Å²) in [5, 5.41) is 2.80. The molecule has 4 nitrogen and oxygen atoms in total. The molecule has 0 spiro atoms. The Balaban J connectivity index is 2.14. The van der Waals surface area contributed by atoms with Crippen LogP contribution in [-0.2, 0) is 16.0 Å². The highest BCUT2D eigenvalue weighted by atomic mass is 16.5. The smallest absolute Gasteiger partial charge is 0.224 e. The monoisotopic (exact) mass is 248 g/mol. The summed E-state index contributed by atoms with van der Waals surface area (Å²) in [7, 11) is 0. The van der Waals surface area contributed by atoms with Gasteiger partial charge < -0.3 is 15.8 Å². The lowest BCUT2D eigenvalue weighted by atomic mass is 10.1. The summed E-state index contributed by atoms with van der Waals surface area (Å²) in [6, 6.07) is 7.30. The van der Waals surface area contributed by atoms with E-state index in [1.54, 1.807) is 18.2 Å². The molecular weight excluding hydrogens is 228 g/mol. The average molecular weight is 248 g/mol. The number of carbonyl (C=O) groups is 1. The number of ether oxygens (including phenoxy) is 1. The lowest BCUT2D eigenvalue weighted by Crippen LogP contribution is -2.28. The molecule has 0 aliphatic heterocycles. The molecule has 0 heterocycles. The highest BCUT2D eigenvalue weighted by Crippen LogP contribution is 2.05. The SMILES string of the molecule is C=CCCOCCNC(=O)Cc1ccc(N)cc1. The van der Waals surface area contributed by atoms with Gasteiger partial charge in [-0.3, -0.25) is 4.79 Å². The molecule has 0 saturated carbocycles. The maximum absolute atomic E-state index is 11.6. The van der Waals surface area contributed by atoms with Crippen molar-refractivity contribution < 1.29 is 9.53 Å². The van der Waals surface area contributed by atoms with Gasteiger partial charge in [0, 0.05) is 12.2 Å². The van der Waals surface area contributed by atoms with Crippen LogP contribution in [-0.4, -0.2) is 25.7 Å². The fourth-order valence-electron chi connectivity index (χ4n) is 1.41. The second-order valence-electron chi connectivity index (χ2n) is 3.96. The van der Waals surface area contributed by atoms with E-state index in [1.165, 1.54) is 0 Å². The minimum absolute atomic E-state index is 0.00732. The van der Waals surface area contributed by atoms with Gasteiger partial charge in [0.05, 0.1) is 19.6 Å². The van der Waals surface area contributed by atoms with Crippen LogP contribution in [0, 0.1) is 0 Å². The van der Waals surface area contributed by atoms with Gasteiger partial charge in [-0.1, -0.05) is 18.2 Å². The minimum atomic E-state index is -0.00732. The van der Waals surface area contributed by atoms with E-state index in [1.807, 2.05) is 12.1 Å². The maximum Gasteiger partial charge on any atom is 0.224 e. The molecule has 0 unspecified atom stereocenters. The molecule has 1 amide bonds. The summed E-state index contributed by atoms with van der Waals surface area (Å²) in [6.07, 6.45) is 3.01. The molecule has 0 bridgehead atoms. The first kappa shape index (κ1) is 14.3. The highest BCUT2D eigenvalue weighted by Gasteiger charge is 2.02. The molecule has 1 aromatic rings. The number of carbonyl (C=O) groups excluding carboxylic acids is 1. The maximum atomic E-state index is 11.6. The molecule has 1 rings (SSSR count). The Hall–Kier alpha value is -1.81. The van der Waals surface area contributed by atoms with Gasteiger partial charge in [-0.05, 0) is 24.1 Å². The fraction of sp³-hybridized carbons (Fsp3) is 0.357. The van der Waals surface area contributed by atoms with Crippen LogP contribution in [0.4, 0.5) is 5.69 Å². The van der Waals surface area contributed by atoms with Gasteiger partial charge in [0.15, 0.2) is 0 Å². The van der Waals surface area contributed by atoms with Gasteiger partial charge in [0.2, 0.25) is 5.91 Å². The quantitative estimate of drug-likeness (QED) is 0.416. The van der Waals surface area contributed by atoms with E-state index < -0.39 is 0 Å². The van der Waals surface area contributed by atoms with Crippen molar-refractivity contribution in [1.29, 1.82) is 0 Å². The lowest BCUT2D eigenvalue weighted by molar-refractivity contribution is -0.120. The molecule has 0 aliphatic rings. The van der Waals surface area contributed by atoms with Crippen molar-refractivity contribution in [1.82, 2.24) is 5.32 Å². The molecule has 4 heteroatoms. The van der Waals surface area contributed by atoms with Crippen molar-refractivity contribution in [2.75, 3.05) is 25.5 Å².